The molecule has 1 atom stereocenters. The van der Waals surface area contributed by atoms with Crippen molar-refractivity contribution in [1.29, 1.82) is 0 Å². The maximum Gasteiger partial charge on any atom is 0.293 e. The second-order valence-electron chi connectivity index (χ2n) is 4.73. The lowest BCUT2D eigenvalue weighted by Crippen LogP contribution is -2.44. The summed E-state index contributed by atoms with van der Waals surface area (Å²) in [6.07, 6.45) is 1.73. The molecule has 0 aliphatic carbocycles. The molecule has 1 unspecified atom stereocenters. The van der Waals surface area contributed by atoms with Crippen LogP contribution in [0.1, 0.15) is 23.2 Å². The quantitative estimate of drug-likeness (QED) is 0.579. The Morgan fingerprint density at radius 1 is 1.45 bits per heavy atom. The number of amides is 2. The summed E-state index contributed by atoms with van der Waals surface area (Å²) in [5.41, 5.74) is 0.570. The standard InChI is InChI=1S/C13H16BIN2O3/c15-10-5-2-1-4-9(10)13(19)16-8-12(18)17-7-3-6-11(17)14-20/h1-2,4-5,11,14,20H,3,6-8H2,(H,16,19). The topological polar surface area (TPSA) is 69.6 Å². The van der Waals surface area contributed by atoms with E-state index < -0.39 is 0 Å². The number of carbonyl (C=O) groups excluding carboxylic acids is 2. The molecular weight excluding hydrogens is 370 g/mol. The summed E-state index contributed by atoms with van der Waals surface area (Å²) < 4.78 is 0.851. The smallest absolute Gasteiger partial charge is 0.293 e. The Hall–Kier alpha value is -1.09. The van der Waals surface area contributed by atoms with Crippen LogP contribution in [0.4, 0.5) is 0 Å². The summed E-state index contributed by atoms with van der Waals surface area (Å²) in [5.74, 6) is -0.486. The second kappa shape index (κ2) is 7.08. The average molecular weight is 386 g/mol. The van der Waals surface area contributed by atoms with Gasteiger partial charge < -0.3 is 15.2 Å². The van der Waals surface area contributed by atoms with Crippen molar-refractivity contribution >= 4 is 41.9 Å². The van der Waals surface area contributed by atoms with Crippen LogP contribution in [0.3, 0.4) is 0 Å². The van der Waals surface area contributed by atoms with Gasteiger partial charge in [-0.3, -0.25) is 9.59 Å². The van der Waals surface area contributed by atoms with Gasteiger partial charge in [-0.25, -0.2) is 0 Å². The molecule has 1 aliphatic rings. The van der Waals surface area contributed by atoms with E-state index in [0.717, 1.165) is 16.4 Å². The fourth-order valence-electron chi connectivity index (χ4n) is 2.35. The number of nitrogens with zero attached hydrogens (tertiary/aromatic N) is 1. The van der Waals surface area contributed by atoms with Crippen LogP contribution in [0, 0.1) is 3.57 Å². The molecule has 1 fully saturated rings. The molecule has 1 aromatic rings. The summed E-state index contributed by atoms with van der Waals surface area (Å²) in [7, 11) is -0.0176. The number of benzene rings is 1. The first-order valence-electron chi connectivity index (χ1n) is 6.56. The number of hydrogen-bond acceptors (Lipinski definition) is 3. The summed E-state index contributed by atoms with van der Waals surface area (Å²) >= 11 is 2.09. The minimum atomic E-state index is -0.247. The van der Waals surface area contributed by atoms with E-state index in [-0.39, 0.29) is 31.8 Å². The van der Waals surface area contributed by atoms with Crippen molar-refractivity contribution < 1.29 is 14.6 Å². The Morgan fingerprint density at radius 3 is 2.90 bits per heavy atom. The third kappa shape index (κ3) is 3.51. The molecule has 2 amide bonds. The van der Waals surface area contributed by atoms with Crippen LogP contribution in [-0.4, -0.2) is 48.3 Å². The van der Waals surface area contributed by atoms with Gasteiger partial charge in [0.05, 0.1) is 12.1 Å². The van der Waals surface area contributed by atoms with Gasteiger partial charge in [0.1, 0.15) is 0 Å². The Labute approximate surface area is 132 Å². The zero-order valence-electron chi connectivity index (χ0n) is 11.0. The van der Waals surface area contributed by atoms with Gasteiger partial charge in [-0.05, 0) is 47.6 Å². The Kier molecular flexibility index (Phi) is 5.42. The van der Waals surface area contributed by atoms with Crippen LogP contribution < -0.4 is 5.32 Å². The number of carbonyl (C=O) groups is 2. The lowest BCUT2D eigenvalue weighted by Gasteiger charge is -2.22. The summed E-state index contributed by atoms with van der Waals surface area (Å²) in [4.78, 5) is 25.7. The van der Waals surface area contributed by atoms with Gasteiger partial charge in [0.15, 0.2) is 0 Å². The predicted octanol–water partition coefficient (Wildman–Crippen LogP) is 0.313. The number of rotatable bonds is 4. The van der Waals surface area contributed by atoms with Crippen molar-refractivity contribution in [3.05, 3.63) is 33.4 Å². The number of halogens is 1. The van der Waals surface area contributed by atoms with Crippen LogP contribution in [-0.2, 0) is 4.79 Å². The van der Waals surface area contributed by atoms with Gasteiger partial charge in [-0.1, -0.05) is 12.1 Å². The van der Waals surface area contributed by atoms with Crippen molar-refractivity contribution in [2.75, 3.05) is 13.1 Å². The zero-order chi connectivity index (χ0) is 14.5. The SMILES string of the molecule is O=C(NCC(=O)N1CCCC1BO)c1ccccc1I. The molecule has 106 valence electrons. The number of hydrogen-bond donors (Lipinski definition) is 2. The normalized spacial score (nSPS) is 17.9. The molecule has 1 saturated heterocycles. The van der Waals surface area contributed by atoms with E-state index >= 15 is 0 Å². The van der Waals surface area contributed by atoms with E-state index in [4.69, 9.17) is 0 Å². The van der Waals surface area contributed by atoms with E-state index in [9.17, 15) is 14.6 Å². The first-order valence-corrected chi connectivity index (χ1v) is 7.64. The van der Waals surface area contributed by atoms with Crippen LogP contribution >= 0.6 is 22.6 Å². The fourth-order valence-corrected chi connectivity index (χ4v) is 2.98. The highest BCUT2D eigenvalue weighted by molar-refractivity contribution is 14.1. The number of likely N-dealkylation sites (tertiary alicyclic amines) is 1. The van der Waals surface area contributed by atoms with Crippen LogP contribution in [0.25, 0.3) is 0 Å². The molecule has 1 aromatic carbocycles. The third-order valence-corrected chi connectivity index (χ3v) is 4.37. The maximum absolute atomic E-state index is 12.0. The molecule has 2 N–H and O–H groups in total. The molecule has 2 rings (SSSR count). The van der Waals surface area contributed by atoms with Gasteiger partial charge in [0.2, 0.25) is 5.91 Å². The zero-order valence-corrected chi connectivity index (χ0v) is 13.2. The van der Waals surface area contributed by atoms with Crippen molar-refractivity contribution in [2.24, 2.45) is 0 Å². The highest BCUT2D eigenvalue weighted by atomic mass is 127. The highest BCUT2D eigenvalue weighted by Gasteiger charge is 2.28. The molecular formula is C13H16BIN2O3. The van der Waals surface area contributed by atoms with Gasteiger partial charge in [-0.2, -0.15) is 0 Å². The van der Waals surface area contributed by atoms with Crippen LogP contribution in [0.15, 0.2) is 24.3 Å². The molecule has 5 nitrogen and oxygen atoms in total. The summed E-state index contributed by atoms with van der Waals surface area (Å²) in [5, 5.41) is 11.8. The van der Waals surface area contributed by atoms with Crippen molar-refractivity contribution in [3.63, 3.8) is 0 Å². The monoisotopic (exact) mass is 386 g/mol. The molecule has 0 spiro atoms. The number of nitrogens with one attached hydrogen (secondary N) is 1. The van der Waals surface area contributed by atoms with E-state index in [1.165, 1.54) is 0 Å². The van der Waals surface area contributed by atoms with Crippen molar-refractivity contribution in [3.8, 4) is 0 Å². The fraction of sp³-hybridized carbons (Fsp3) is 0.385. The van der Waals surface area contributed by atoms with E-state index in [1.54, 1.807) is 17.0 Å². The van der Waals surface area contributed by atoms with Gasteiger partial charge in [0, 0.05) is 16.1 Å². The lowest BCUT2D eigenvalue weighted by atomic mass is 9.86. The van der Waals surface area contributed by atoms with E-state index in [2.05, 4.69) is 27.9 Å². The second-order valence-corrected chi connectivity index (χ2v) is 5.89. The molecule has 0 bridgehead atoms. The first-order chi connectivity index (χ1) is 9.63. The van der Waals surface area contributed by atoms with E-state index in [1.807, 2.05) is 12.1 Å². The highest BCUT2D eigenvalue weighted by Crippen LogP contribution is 2.15. The van der Waals surface area contributed by atoms with Crippen LogP contribution in [0.2, 0.25) is 0 Å². The molecule has 0 aromatic heterocycles. The molecule has 0 saturated carbocycles. The molecule has 7 heteroatoms. The Bertz CT molecular complexity index is 512. The maximum atomic E-state index is 12.0. The lowest BCUT2D eigenvalue weighted by molar-refractivity contribution is -0.129. The third-order valence-electron chi connectivity index (χ3n) is 3.43. The van der Waals surface area contributed by atoms with Crippen LogP contribution in [0.5, 0.6) is 0 Å². The molecule has 20 heavy (non-hydrogen) atoms. The van der Waals surface area contributed by atoms with Gasteiger partial charge >= 0.3 is 0 Å². The van der Waals surface area contributed by atoms with E-state index in [0.29, 0.717) is 12.1 Å². The molecule has 0 radical (unpaired) electrons. The predicted molar refractivity (Wildman–Crippen MR) is 85.6 cm³/mol. The largest absolute Gasteiger partial charge is 0.452 e. The minimum absolute atomic E-state index is 0.0176. The minimum Gasteiger partial charge on any atom is -0.452 e. The summed E-state index contributed by atoms with van der Waals surface area (Å²) in [6, 6.07) is 7.23. The average Bonchev–Trinajstić information content (AvgIpc) is 2.93. The molecule has 1 aliphatic heterocycles. The summed E-state index contributed by atoms with van der Waals surface area (Å²) in [6.45, 7) is 0.628. The van der Waals surface area contributed by atoms with Crippen molar-refractivity contribution in [1.82, 2.24) is 10.2 Å². The Morgan fingerprint density at radius 2 is 2.20 bits per heavy atom. The van der Waals surface area contributed by atoms with Crippen molar-refractivity contribution in [2.45, 2.75) is 18.8 Å². The molecule has 1 heterocycles. The first kappa shape index (κ1) is 15.3. The van der Waals surface area contributed by atoms with Gasteiger partial charge in [-0.15, -0.1) is 0 Å². The Balaban J connectivity index is 1.90. The van der Waals surface area contributed by atoms with Gasteiger partial charge in [0.25, 0.3) is 13.4 Å².